The van der Waals surface area contributed by atoms with Gasteiger partial charge >= 0.3 is 0 Å². The number of rotatable bonds is 2. The predicted molar refractivity (Wildman–Crippen MR) is 60.7 cm³/mol. The van der Waals surface area contributed by atoms with Crippen LogP contribution in [0.2, 0.25) is 0 Å². The first-order valence-corrected chi connectivity index (χ1v) is 5.75. The van der Waals surface area contributed by atoms with E-state index in [2.05, 4.69) is 20.9 Å². The first-order valence-electron chi connectivity index (χ1n) is 4.84. The van der Waals surface area contributed by atoms with Crippen LogP contribution in [0.4, 0.5) is 5.69 Å². The molecule has 0 bridgehead atoms. The van der Waals surface area contributed by atoms with Gasteiger partial charge in [0.15, 0.2) is 0 Å². The molecule has 1 amide bonds. The fourth-order valence-electron chi connectivity index (χ4n) is 1.68. The molecule has 2 rings (SSSR count). The third kappa shape index (κ3) is 2.08. The third-order valence-corrected chi connectivity index (χ3v) is 3.27. The Morgan fingerprint density at radius 1 is 1.69 bits per heavy atom. The number of nitrogens with one attached hydrogen (secondary N) is 1. The van der Waals surface area contributed by atoms with Gasteiger partial charge in [-0.25, -0.2) is 0 Å². The Morgan fingerprint density at radius 3 is 2.94 bits per heavy atom. The summed E-state index contributed by atoms with van der Waals surface area (Å²) in [7, 11) is 0. The second-order valence-electron chi connectivity index (χ2n) is 3.67. The van der Waals surface area contributed by atoms with Crippen molar-refractivity contribution in [3.05, 3.63) is 28.1 Å². The number of hydrogen-bond acceptors (Lipinski definition) is 3. The number of amides is 1. The summed E-state index contributed by atoms with van der Waals surface area (Å²) in [6, 6.07) is 1.27. The predicted octanol–water partition coefficient (Wildman–Crippen LogP) is 1.53. The molecule has 1 aromatic heterocycles. The highest BCUT2D eigenvalue weighted by Crippen LogP contribution is 2.20. The monoisotopic (exact) mass is 287 g/mol. The van der Waals surface area contributed by atoms with Gasteiger partial charge < -0.3 is 9.88 Å². The molecule has 0 radical (unpaired) electrons. The second kappa shape index (κ2) is 4.25. The summed E-state index contributed by atoms with van der Waals surface area (Å²) >= 11 is 3.44. The van der Waals surface area contributed by atoms with Crippen molar-refractivity contribution in [2.45, 2.75) is 11.2 Å². The molecule has 7 heteroatoms. The van der Waals surface area contributed by atoms with E-state index >= 15 is 0 Å². The minimum atomic E-state index is -0.523. The summed E-state index contributed by atoms with van der Waals surface area (Å²) in [5.41, 5.74) is 0.186. The van der Waals surface area contributed by atoms with E-state index in [9.17, 15) is 14.9 Å². The average Bonchev–Trinajstić information content (AvgIpc) is 2.84. The molecular formula is C9H10BrN3O3. The van der Waals surface area contributed by atoms with E-state index in [1.807, 2.05) is 0 Å². The average molecular weight is 288 g/mol. The molecule has 1 fully saturated rings. The Kier molecular flexibility index (Phi) is 2.95. The largest absolute Gasteiger partial charge is 0.351 e. The fourth-order valence-corrected chi connectivity index (χ4v) is 2.24. The van der Waals surface area contributed by atoms with Crippen molar-refractivity contribution in [1.82, 2.24) is 9.88 Å². The third-order valence-electron chi connectivity index (χ3n) is 2.53. The maximum absolute atomic E-state index is 11.9. The van der Waals surface area contributed by atoms with E-state index in [4.69, 9.17) is 0 Å². The standard InChI is InChI=1S/C9H10BrN3O3/c10-6-1-2-12(5-6)9(14)8-3-7(4-11-8)13(15)16/h3-4,6,11H,1-2,5H2. The lowest BCUT2D eigenvalue weighted by atomic mass is 10.3. The van der Waals surface area contributed by atoms with E-state index in [-0.39, 0.29) is 17.3 Å². The van der Waals surface area contributed by atoms with Crippen LogP contribution in [0.1, 0.15) is 16.9 Å². The number of H-pyrrole nitrogens is 1. The number of hydrogen-bond donors (Lipinski definition) is 1. The molecule has 2 heterocycles. The van der Waals surface area contributed by atoms with Crippen molar-refractivity contribution in [3.8, 4) is 0 Å². The van der Waals surface area contributed by atoms with Crippen LogP contribution >= 0.6 is 15.9 Å². The minimum absolute atomic E-state index is 0.0852. The number of aromatic nitrogens is 1. The van der Waals surface area contributed by atoms with Gasteiger partial charge in [-0.05, 0) is 6.42 Å². The molecule has 1 aromatic rings. The lowest BCUT2D eigenvalue weighted by molar-refractivity contribution is -0.384. The summed E-state index contributed by atoms with van der Waals surface area (Å²) in [4.78, 5) is 26.4. The number of halogens is 1. The van der Waals surface area contributed by atoms with Crippen LogP contribution in [0.5, 0.6) is 0 Å². The molecule has 1 aliphatic rings. The molecule has 1 saturated heterocycles. The van der Waals surface area contributed by atoms with Crippen LogP contribution in [0, 0.1) is 10.1 Å². The van der Waals surface area contributed by atoms with Crippen LogP contribution < -0.4 is 0 Å². The zero-order valence-corrected chi connectivity index (χ0v) is 9.94. The van der Waals surface area contributed by atoms with Gasteiger partial charge in [0, 0.05) is 24.0 Å². The topological polar surface area (TPSA) is 79.2 Å². The molecule has 1 aliphatic heterocycles. The Balaban J connectivity index is 2.11. The van der Waals surface area contributed by atoms with Crippen molar-refractivity contribution in [2.24, 2.45) is 0 Å². The summed E-state index contributed by atoms with van der Waals surface area (Å²) in [6.07, 6.45) is 2.14. The van der Waals surface area contributed by atoms with Gasteiger partial charge in [-0.15, -0.1) is 0 Å². The lowest BCUT2D eigenvalue weighted by Crippen LogP contribution is -2.28. The van der Waals surface area contributed by atoms with Gasteiger partial charge in [-0.3, -0.25) is 14.9 Å². The molecular weight excluding hydrogens is 278 g/mol. The zero-order chi connectivity index (χ0) is 11.7. The highest BCUT2D eigenvalue weighted by atomic mass is 79.9. The SMILES string of the molecule is O=C(c1cc([N+](=O)[O-])c[nH]1)N1CCC(Br)C1. The van der Waals surface area contributed by atoms with Gasteiger partial charge in [-0.2, -0.15) is 0 Å². The quantitative estimate of drug-likeness (QED) is 0.509. The second-order valence-corrected chi connectivity index (χ2v) is 4.96. The molecule has 0 spiro atoms. The van der Waals surface area contributed by atoms with Crippen LogP contribution in [0.25, 0.3) is 0 Å². The van der Waals surface area contributed by atoms with Crippen molar-refractivity contribution in [1.29, 1.82) is 0 Å². The van der Waals surface area contributed by atoms with Crippen LogP contribution in [-0.4, -0.2) is 38.6 Å². The number of likely N-dealkylation sites (tertiary alicyclic amines) is 1. The minimum Gasteiger partial charge on any atom is -0.351 e. The van der Waals surface area contributed by atoms with Crippen molar-refractivity contribution in [3.63, 3.8) is 0 Å². The van der Waals surface area contributed by atoms with Gasteiger partial charge in [-0.1, -0.05) is 15.9 Å². The maximum Gasteiger partial charge on any atom is 0.287 e. The number of nitro groups is 1. The molecule has 1 N–H and O–H groups in total. The molecule has 1 atom stereocenters. The first kappa shape index (κ1) is 11.1. The highest BCUT2D eigenvalue weighted by Gasteiger charge is 2.26. The van der Waals surface area contributed by atoms with E-state index in [1.165, 1.54) is 12.3 Å². The van der Waals surface area contributed by atoms with Gasteiger partial charge in [0.25, 0.3) is 11.6 Å². The van der Waals surface area contributed by atoms with Crippen molar-refractivity contribution >= 4 is 27.5 Å². The molecule has 6 nitrogen and oxygen atoms in total. The normalized spacial score (nSPS) is 20.1. The molecule has 0 saturated carbocycles. The highest BCUT2D eigenvalue weighted by molar-refractivity contribution is 9.09. The van der Waals surface area contributed by atoms with E-state index in [1.54, 1.807) is 4.90 Å². The van der Waals surface area contributed by atoms with E-state index in [0.29, 0.717) is 17.9 Å². The van der Waals surface area contributed by atoms with Gasteiger partial charge in [0.05, 0.1) is 11.1 Å². The number of aromatic amines is 1. The lowest BCUT2D eigenvalue weighted by Gasteiger charge is -2.13. The molecule has 1 unspecified atom stereocenters. The van der Waals surface area contributed by atoms with Crippen LogP contribution in [0.3, 0.4) is 0 Å². The number of nitrogens with zero attached hydrogens (tertiary/aromatic N) is 2. The van der Waals surface area contributed by atoms with Crippen molar-refractivity contribution in [2.75, 3.05) is 13.1 Å². The Bertz CT molecular complexity index is 431. The number of carbonyl (C=O) groups excluding carboxylic acids is 1. The fraction of sp³-hybridized carbons (Fsp3) is 0.444. The van der Waals surface area contributed by atoms with Crippen molar-refractivity contribution < 1.29 is 9.72 Å². The summed E-state index contributed by atoms with van der Waals surface area (Å²) in [5, 5.41) is 10.5. The van der Waals surface area contributed by atoms with Gasteiger partial charge in [0.1, 0.15) is 5.69 Å². The van der Waals surface area contributed by atoms with E-state index < -0.39 is 4.92 Å². The molecule has 86 valence electrons. The molecule has 0 aromatic carbocycles. The number of carbonyl (C=O) groups is 1. The Morgan fingerprint density at radius 2 is 2.44 bits per heavy atom. The first-order chi connectivity index (χ1) is 7.58. The molecule has 16 heavy (non-hydrogen) atoms. The zero-order valence-electron chi connectivity index (χ0n) is 8.35. The summed E-state index contributed by atoms with van der Waals surface area (Å²) < 4.78 is 0. The smallest absolute Gasteiger partial charge is 0.287 e. The van der Waals surface area contributed by atoms with Crippen LogP contribution in [0.15, 0.2) is 12.3 Å². The Labute approximate surface area is 99.9 Å². The Hall–Kier alpha value is -1.37. The maximum atomic E-state index is 11.9. The van der Waals surface area contributed by atoms with E-state index in [0.717, 1.165) is 6.42 Å². The number of alkyl halides is 1. The summed E-state index contributed by atoms with van der Waals surface area (Å²) in [5.74, 6) is -0.185. The van der Waals surface area contributed by atoms with Gasteiger partial charge in [0.2, 0.25) is 0 Å². The van der Waals surface area contributed by atoms with Crippen LogP contribution in [-0.2, 0) is 0 Å². The molecule has 0 aliphatic carbocycles. The summed E-state index contributed by atoms with van der Waals surface area (Å²) in [6.45, 7) is 1.33.